The Hall–Kier alpha value is -0.260. The van der Waals surface area contributed by atoms with Crippen LogP contribution in [0, 0.1) is 0 Å². The van der Waals surface area contributed by atoms with Crippen LogP contribution < -0.4 is 5.32 Å². The number of alkyl halides is 2. The lowest BCUT2D eigenvalue weighted by molar-refractivity contribution is -0.231. The molecule has 0 radical (unpaired) electrons. The van der Waals surface area contributed by atoms with Gasteiger partial charge >= 0.3 is 0 Å². The predicted octanol–water partition coefficient (Wildman–Crippen LogP) is 2.06. The van der Waals surface area contributed by atoms with Gasteiger partial charge in [0.2, 0.25) is 5.92 Å². The maximum atomic E-state index is 13.2. The zero-order valence-corrected chi connectivity index (χ0v) is 9.94. The van der Waals surface area contributed by atoms with Crippen LogP contribution in [0.15, 0.2) is 0 Å². The van der Waals surface area contributed by atoms with Gasteiger partial charge in [-0.3, -0.25) is 5.32 Å². The van der Waals surface area contributed by atoms with Crippen molar-refractivity contribution in [1.82, 2.24) is 5.32 Å². The van der Waals surface area contributed by atoms with Crippen molar-refractivity contribution in [2.45, 2.75) is 55.8 Å². The van der Waals surface area contributed by atoms with Gasteiger partial charge in [-0.25, -0.2) is 8.78 Å². The van der Waals surface area contributed by atoms with E-state index in [1.54, 1.807) is 0 Å². The molecule has 5 heteroatoms. The number of halogens is 2. The minimum atomic E-state index is -2.51. The van der Waals surface area contributed by atoms with E-state index in [4.69, 9.17) is 9.47 Å². The summed E-state index contributed by atoms with van der Waals surface area (Å²) in [5.74, 6) is -2.51. The third-order valence-electron chi connectivity index (χ3n) is 4.30. The lowest BCUT2D eigenvalue weighted by Crippen LogP contribution is -2.62. The molecule has 2 aliphatic heterocycles. The Balaban J connectivity index is 1.71. The van der Waals surface area contributed by atoms with E-state index in [-0.39, 0.29) is 18.4 Å². The average Bonchev–Trinajstić information content (AvgIpc) is 2.72. The van der Waals surface area contributed by atoms with E-state index < -0.39 is 11.6 Å². The first-order chi connectivity index (χ1) is 8.04. The molecule has 2 spiro atoms. The predicted molar refractivity (Wildman–Crippen MR) is 58.0 cm³/mol. The highest BCUT2D eigenvalue weighted by molar-refractivity contribution is 4.98. The molecule has 1 aliphatic carbocycles. The molecule has 17 heavy (non-hydrogen) atoms. The minimum Gasteiger partial charge on any atom is -0.378 e. The Bertz CT molecular complexity index is 293. The average molecular weight is 247 g/mol. The van der Waals surface area contributed by atoms with E-state index in [9.17, 15) is 8.78 Å². The quantitative estimate of drug-likeness (QED) is 0.710. The normalized spacial score (nSPS) is 39.9. The van der Waals surface area contributed by atoms with Gasteiger partial charge in [-0.2, -0.15) is 0 Å². The van der Waals surface area contributed by atoms with Gasteiger partial charge in [0.05, 0.1) is 12.2 Å². The Morgan fingerprint density at radius 3 is 2.35 bits per heavy atom. The van der Waals surface area contributed by atoms with Gasteiger partial charge in [0.25, 0.3) is 0 Å². The lowest BCUT2D eigenvalue weighted by Gasteiger charge is -2.49. The second-order valence-corrected chi connectivity index (χ2v) is 5.61. The van der Waals surface area contributed by atoms with Crippen LogP contribution in [-0.2, 0) is 9.47 Å². The molecule has 1 N–H and O–H groups in total. The fourth-order valence-corrected chi connectivity index (χ4v) is 3.18. The SMILES string of the molecule is FC1(F)CCC2(CC1)NCCC1(CCOC1)O2. The van der Waals surface area contributed by atoms with Crippen LogP contribution >= 0.6 is 0 Å². The van der Waals surface area contributed by atoms with Crippen LogP contribution in [0.25, 0.3) is 0 Å². The molecule has 0 aromatic carbocycles. The van der Waals surface area contributed by atoms with E-state index in [1.165, 1.54) is 0 Å². The molecule has 1 atom stereocenters. The fraction of sp³-hybridized carbons (Fsp3) is 1.00. The summed E-state index contributed by atoms with van der Waals surface area (Å²) in [6.45, 7) is 2.19. The second-order valence-electron chi connectivity index (χ2n) is 5.61. The van der Waals surface area contributed by atoms with Gasteiger partial charge in [-0.15, -0.1) is 0 Å². The van der Waals surface area contributed by atoms with Crippen LogP contribution in [0.5, 0.6) is 0 Å². The van der Waals surface area contributed by atoms with Crippen molar-refractivity contribution >= 4 is 0 Å². The van der Waals surface area contributed by atoms with Gasteiger partial charge < -0.3 is 9.47 Å². The Labute approximate surface area is 99.8 Å². The molecular formula is C12H19F2NO2. The number of nitrogens with one attached hydrogen (secondary N) is 1. The summed E-state index contributed by atoms with van der Waals surface area (Å²) in [5, 5.41) is 3.31. The molecule has 0 aromatic heterocycles. The first-order valence-electron chi connectivity index (χ1n) is 6.44. The van der Waals surface area contributed by atoms with Crippen molar-refractivity contribution in [3.63, 3.8) is 0 Å². The van der Waals surface area contributed by atoms with Crippen molar-refractivity contribution in [3.8, 4) is 0 Å². The van der Waals surface area contributed by atoms with Gasteiger partial charge in [-0.05, 0) is 19.3 Å². The lowest BCUT2D eigenvalue weighted by atomic mass is 9.85. The molecule has 1 unspecified atom stereocenters. The monoisotopic (exact) mass is 247 g/mol. The highest BCUT2D eigenvalue weighted by Crippen LogP contribution is 2.44. The summed E-state index contributed by atoms with van der Waals surface area (Å²) in [6.07, 6.45) is 2.48. The maximum Gasteiger partial charge on any atom is 0.248 e. The Morgan fingerprint density at radius 1 is 0.941 bits per heavy atom. The van der Waals surface area contributed by atoms with E-state index in [2.05, 4.69) is 5.32 Å². The molecule has 98 valence electrons. The zero-order chi connectivity index (χ0) is 12.0. The standard InChI is InChI=1S/C12H19F2NO2/c13-11(14)1-3-12(4-2-11)15-7-5-10(17-12)6-8-16-9-10/h15H,1-9H2. The van der Waals surface area contributed by atoms with E-state index in [0.29, 0.717) is 19.4 Å². The smallest absolute Gasteiger partial charge is 0.248 e. The van der Waals surface area contributed by atoms with Crippen molar-refractivity contribution in [3.05, 3.63) is 0 Å². The van der Waals surface area contributed by atoms with E-state index in [0.717, 1.165) is 26.0 Å². The highest BCUT2D eigenvalue weighted by Gasteiger charge is 2.51. The molecule has 2 saturated heterocycles. The largest absolute Gasteiger partial charge is 0.378 e. The van der Waals surface area contributed by atoms with Crippen LogP contribution in [0.1, 0.15) is 38.5 Å². The molecule has 1 saturated carbocycles. The third-order valence-corrected chi connectivity index (χ3v) is 4.30. The number of hydrogen-bond acceptors (Lipinski definition) is 3. The summed E-state index contributed by atoms with van der Waals surface area (Å²) in [7, 11) is 0. The van der Waals surface area contributed by atoms with Gasteiger partial charge in [0.15, 0.2) is 0 Å². The third kappa shape index (κ3) is 2.20. The molecule has 0 bridgehead atoms. The zero-order valence-electron chi connectivity index (χ0n) is 9.94. The number of ether oxygens (including phenoxy) is 2. The topological polar surface area (TPSA) is 30.5 Å². The molecule has 3 nitrogen and oxygen atoms in total. The molecule has 0 aromatic rings. The summed E-state index contributed by atoms with van der Waals surface area (Å²) in [4.78, 5) is 0. The highest BCUT2D eigenvalue weighted by atomic mass is 19.3. The Kier molecular flexibility index (Phi) is 2.69. The first kappa shape index (κ1) is 11.8. The molecule has 3 aliphatic rings. The van der Waals surface area contributed by atoms with Gasteiger partial charge in [0.1, 0.15) is 5.72 Å². The number of hydrogen-bond donors (Lipinski definition) is 1. The summed E-state index contributed by atoms with van der Waals surface area (Å²) in [5.41, 5.74) is -0.731. The van der Waals surface area contributed by atoms with E-state index in [1.807, 2.05) is 0 Å². The summed E-state index contributed by atoms with van der Waals surface area (Å²) >= 11 is 0. The molecule has 2 heterocycles. The molecule has 3 rings (SSSR count). The molecular weight excluding hydrogens is 228 g/mol. The maximum absolute atomic E-state index is 13.2. The van der Waals surface area contributed by atoms with Crippen LogP contribution in [0.3, 0.4) is 0 Å². The van der Waals surface area contributed by atoms with Crippen molar-refractivity contribution in [2.24, 2.45) is 0 Å². The van der Waals surface area contributed by atoms with Gasteiger partial charge in [-0.1, -0.05) is 0 Å². The molecule has 3 fully saturated rings. The van der Waals surface area contributed by atoms with Gasteiger partial charge in [0, 0.05) is 32.4 Å². The summed E-state index contributed by atoms with van der Waals surface area (Å²) in [6, 6.07) is 0. The van der Waals surface area contributed by atoms with Crippen molar-refractivity contribution in [1.29, 1.82) is 0 Å². The van der Waals surface area contributed by atoms with Crippen LogP contribution in [0.4, 0.5) is 8.78 Å². The first-order valence-corrected chi connectivity index (χ1v) is 6.44. The Morgan fingerprint density at radius 2 is 1.71 bits per heavy atom. The summed E-state index contributed by atoms with van der Waals surface area (Å²) < 4.78 is 38.0. The van der Waals surface area contributed by atoms with E-state index >= 15 is 0 Å². The minimum absolute atomic E-state index is 0.0725. The van der Waals surface area contributed by atoms with Crippen molar-refractivity contribution < 1.29 is 18.3 Å². The number of rotatable bonds is 0. The molecule has 0 amide bonds. The fourth-order valence-electron chi connectivity index (χ4n) is 3.18. The van der Waals surface area contributed by atoms with Crippen molar-refractivity contribution in [2.75, 3.05) is 19.8 Å². The second kappa shape index (κ2) is 3.87. The van der Waals surface area contributed by atoms with Crippen LogP contribution in [0.2, 0.25) is 0 Å². The van der Waals surface area contributed by atoms with Crippen LogP contribution in [-0.4, -0.2) is 37.0 Å².